The third kappa shape index (κ3) is 4.47. The van der Waals surface area contributed by atoms with Crippen molar-refractivity contribution in [3.8, 4) is 0 Å². The van der Waals surface area contributed by atoms with E-state index in [1.807, 2.05) is 13.8 Å². The Morgan fingerprint density at radius 2 is 1.68 bits per heavy atom. The molecule has 5 nitrogen and oxygen atoms in total. The summed E-state index contributed by atoms with van der Waals surface area (Å²) >= 11 is 3.64. The third-order valence-corrected chi connectivity index (χ3v) is 2.98. The van der Waals surface area contributed by atoms with Crippen molar-refractivity contribution >= 4 is 23.3 Å². The minimum atomic E-state index is -1.47. The van der Waals surface area contributed by atoms with E-state index in [0.717, 1.165) is 0 Å². The van der Waals surface area contributed by atoms with Crippen LogP contribution in [-0.4, -0.2) is 39.3 Å². The van der Waals surface area contributed by atoms with Crippen molar-refractivity contribution in [3.05, 3.63) is 29.8 Å². The Morgan fingerprint density at radius 1 is 1.26 bits per heavy atom. The van der Waals surface area contributed by atoms with Crippen LogP contribution >= 0.6 is 11.9 Å². The second-order valence-electron chi connectivity index (χ2n) is 4.14. The number of halogens is 1. The van der Waals surface area contributed by atoms with Gasteiger partial charge in [-0.1, -0.05) is 13.8 Å². The summed E-state index contributed by atoms with van der Waals surface area (Å²) in [5, 5.41) is 10.3. The zero-order valence-electron chi connectivity index (χ0n) is 11.4. The molecule has 0 amide bonds. The quantitative estimate of drug-likeness (QED) is 0.435. The van der Waals surface area contributed by atoms with E-state index >= 15 is 0 Å². The largest absolute Gasteiger partial charge is 0.399 e. The highest BCUT2D eigenvalue weighted by molar-refractivity contribution is 6.04. The molecule has 1 rings (SSSR count). The SMILES string of the molecule is CCN(CC)C(C)(O)C(=O)c1ccc(N)cc1.OCl. The highest BCUT2D eigenvalue weighted by Crippen LogP contribution is 2.18. The molecule has 0 aliphatic rings. The molecule has 0 aliphatic carbocycles. The van der Waals surface area contributed by atoms with E-state index in [1.165, 1.54) is 6.92 Å². The molecule has 4 N–H and O–H groups in total. The molecule has 6 heteroatoms. The zero-order chi connectivity index (χ0) is 15.1. The van der Waals surface area contributed by atoms with Gasteiger partial charge in [0.25, 0.3) is 0 Å². The number of rotatable bonds is 5. The van der Waals surface area contributed by atoms with Crippen LogP contribution < -0.4 is 5.73 Å². The van der Waals surface area contributed by atoms with E-state index in [0.29, 0.717) is 24.3 Å². The Kier molecular flexibility index (Phi) is 7.63. The molecular formula is C13H21ClN2O3. The summed E-state index contributed by atoms with van der Waals surface area (Å²) in [6.07, 6.45) is 0. The smallest absolute Gasteiger partial charge is 0.209 e. The van der Waals surface area contributed by atoms with Gasteiger partial charge in [0.2, 0.25) is 5.78 Å². The number of aliphatic hydroxyl groups is 1. The van der Waals surface area contributed by atoms with Crippen molar-refractivity contribution in [2.75, 3.05) is 18.8 Å². The first-order valence-corrected chi connectivity index (χ1v) is 6.32. The van der Waals surface area contributed by atoms with Crippen molar-refractivity contribution < 1.29 is 14.6 Å². The number of anilines is 1. The lowest BCUT2D eigenvalue weighted by molar-refractivity contribution is -0.0589. The van der Waals surface area contributed by atoms with E-state index in [-0.39, 0.29) is 5.78 Å². The van der Waals surface area contributed by atoms with Crippen molar-refractivity contribution in [1.29, 1.82) is 0 Å². The normalized spacial score (nSPS) is 13.4. The molecule has 1 atom stereocenters. The van der Waals surface area contributed by atoms with Gasteiger partial charge in [0, 0.05) is 11.3 Å². The number of Topliss-reactive ketones (excluding diaryl/α,β-unsaturated/α-hetero) is 1. The van der Waals surface area contributed by atoms with Crippen LogP contribution in [0.4, 0.5) is 5.69 Å². The number of nitrogen functional groups attached to an aromatic ring is 1. The minimum absolute atomic E-state index is 0.304. The summed E-state index contributed by atoms with van der Waals surface area (Å²) in [4.78, 5) is 13.9. The van der Waals surface area contributed by atoms with Gasteiger partial charge in [-0.3, -0.25) is 14.4 Å². The number of ketones is 1. The average Bonchev–Trinajstić information content (AvgIpc) is 2.42. The van der Waals surface area contributed by atoms with Crippen LogP contribution in [0.5, 0.6) is 0 Å². The standard InChI is InChI=1S/C13H20N2O2.ClHO/c1-4-15(5-2)13(3,17)12(16)10-6-8-11(14)9-7-10;1-2/h6-9,17H,4-5,14H2,1-3H3;2H. The molecule has 0 spiro atoms. The summed E-state index contributed by atoms with van der Waals surface area (Å²) in [5.41, 5.74) is 5.16. The number of nitrogens with zero attached hydrogens (tertiary/aromatic N) is 1. The Balaban J connectivity index is 0.00000154. The summed E-state index contributed by atoms with van der Waals surface area (Å²) in [5.74, 6) is -0.304. The predicted octanol–water partition coefficient (Wildman–Crippen LogP) is 1.63. The molecule has 0 radical (unpaired) electrons. The maximum absolute atomic E-state index is 12.2. The molecule has 0 heterocycles. The minimum Gasteiger partial charge on any atom is -0.399 e. The molecule has 0 aromatic heterocycles. The fourth-order valence-corrected chi connectivity index (χ4v) is 1.89. The summed E-state index contributed by atoms with van der Waals surface area (Å²) < 4.78 is 6.47. The predicted molar refractivity (Wildman–Crippen MR) is 76.8 cm³/mol. The second-order valence-corrected chi connectivity index (χ2v) is 4.14. The van der Waals surface area contributed by atoms with Crippen LogP contribution in [0.3, 0.4) is 0 Å². The molecule has 0 fully saturated rings. The Bertz CT molecular complexity index is 389. The molecule has 0 saturated carbocycles. The molecule has 0 aliphatic heterocycles. The molecule has 1 aromatic rings. The maximum atomic E-state index is 12.2. The Hall–Kier alpha value is -1.14. The van der Waals surface area contributed by atoms with Gasteiger partial charge in [-0.25, -0.2) is 0 Å². The van der Waals surface area contributed by atoms with Gasteiger partial charge in [0.15, 0.2) is 5.72 Å². The molecule has 1 aromatic carbocycles. The number of nitrogens with two attached hydrogens (primary N) is 1. The van der Waals surface area contributed by atoms with Crippen molar-refractivity contribution in [3.63, 3.8) is 0 Å². The number of likely N-dealkylation sites (N-methyl/N-ethyl adjacent to an activating group) is 1. The number of hydrogen-bond acceptors (Lipinski definition) is 5. The van der Waals surface area contributed by atoms with Crippen LogP contribution in [-0.2, 0) is 0 Å². The van der Waals surface area contributed by atoms with Crippen LogP contribution in [0.15, 0.2) is 24.3 Å². The fraction of sp³-hybridized carbons (Fsp3) is 0.462. The molecule has 1 unspecified atom stereocenters. The van der Waals surface area contributed by atoms with Crippen LogP contribution in [0.25, 0.3) is 0 Å². The van der Waals surface area contributed by atoms with Gasteiger partial charge in [-0.2, -0.15) is 0 Å². The van der Waals surface area contributed by atoms with Gasteiger partial charge in [0.05, 0.1) is 11.9 Å². The molecule has 108 valence electrons. The van der Waals surface area contributed by atoms with Gasteiger partial charge in [-0.05, 0) is 44.3 Å². The zero-order valence-corrected chi connectivity index (χ0v) is 12.2. The monoisotopic (exact) mass is 288 g/mol. The van der Waals surface area contributed by atoms with E-state index in [1.54, 1.807) is 29.2 Å². The topological polar surface area (TPSA) is 86.8 Å². The van der Waals surface area contributed by atoms with Crippen molar-refractivity contribution in [2.45, 2.75) is 26.5 Å². The van der Waals surface area contributed by atoms with Gasteiger partial charge in [0.1, 0.15) is 0 Å². The number of hydrogen-bond donors (Lipinski definition) is 3. The average molecular weight is 289 g/mol. The van der Waals surface area contributed by atoms with E-state index in [9.17, 15) is 9.90 Å². The van der Waals surface area contributed by atoms with Gasteiger partial charge >= 0.3 is 0 Å². The van der Waals surface area contributed by atoms with Crippen LogP contribution in [0.1, 0.15) is 31.1 Å². The number of carbonyl (C=O) groups is 1. The first-order chi connectivity index (χ1) is 8.93. The lowest BCUT2D eigenvalue weighted by atomic mass is 10.0. The fourth-order valence-electron chi connectivity index (χ4n) is 1.89. The van der Waals surface area contributed by atoms with Gasteiger partial charge in [-0.15, -0.1) is 0 Å². The highest BCUT2D eigenvalue weighted by atomic mass is 35.5. The maximum Gasteiger partial charge on any atom is 0.209 e. The lowest BCUT2D eigenvalue weighted by Gasteiger charge is -2.34. The molecule has 0 bridgehead atoms. The number of carbonyl (C=O) groups excluding carboxylic acids is 1. The third-order valence-electron chi connectivity index (χ3n) is 2.98. The van der Waals surface area contributed by atoms with Crippen molar-refractivity contribution in [1.82, 2.24) is 4.90 Å². The van der Waals surface area contributed by atoms with E-state index in [2.05, 4.69) is 11.9 Å². The summed E-state index contributed by atoms with van der Waals surface area (Å²) in [6, 6.07) is 6.59. The van der Waals surface area contributed by atoms with E-state index in [4.69, 9.17) is 10.4 Å². The van der Waals surface area contributed by atoms with Crippen LogP contribution in [0, 0.1) is 0 Å². The molecule has 19 heavy (non-hydrogen) atoms. The first kappa shape index (κ1) is 17.9. The molecular weight excluding hydrogens is 268 g/mol. The highest BCUT2D eigenvalue weighted by Gasteiger charge is 2.35. The van der Waals surface area contributed by atoms with Crippen LogP contribution in [0.2, 0.25) is 0 Å². The Morgan fingerprint density at radius 3 is 2.05 bits per heavy atom. The summed E-state index contributed by atoms with van der Waals surface area (Å²) in [7, 11) is 0. The second kappa shape index (κ2) is 8.12. The van der Waals surface area contributed by atoms with E-state index < -0.39 is 5.72 Å². The summed E-state index contributed by atoms with van der Waals surface area (Å²) in [6.45, 7) is 6.58. The van der Waals surface area contributed by atoms with Crippen molar-refractivity contribution in [2.24, 2.45) is 0 Å². The molecule has 0 saturated heterocycles. The Labute approximate surface area is 118 Å². The first-order valence-electron chi connectivity index (χ1n) is 5.98. The number of benzene rings is 1. The lowest BCUT2D eigenvalue weighted by Crippen LogP contribution is -2.52. The van der Waals surface area contributed by atoms with Gasteiger partial charge < -0.3 is 10.8 Å².